The van der Waals surface area contributed by atoms with Gasteiger partial charge in [-0.25, -0.2) is 15.0 Å². The highest BCUT2D eigenvalue weighted by Crippen LogP contribution is 2.14. The van der Waals surface area contributed by atoms with Crippen LogP contribution in [0.3, 0.4) is 0 Å². The molecule has 2 aromatic heterocycles. The SMILES string of the molecule is NCc1cnc(-n2cnc3ccccc32)nc1. The molecule has 3 aromatic rings. The fraction of sp³-hybridized carbons (Fsp3) is 0.0833. The first-order chi connectivity index (χ1) is 8.38. The van der Waals surface area contributed by atoms with Gasteiger partial charge in [-0.2, -0.15) is 0 Å². The van der Waals surface area contributed by atoms with Gasteiger partial charge in [0.05, 0.1) is 11.0 Å². The summed E-state index contributed by atoms with van der Waals surface area (Å²) in [6.07, 6.45) is 5.19. The van der Waals surface area contributed by atoms with Gasteiger partial charge in [0.1, 0.15) is 6.33 Å². The lowest BCUT2D eigenvalue weighted by molar-refractivity contribution is 0.918. The van der Waals surface area contributed by atoms with Gasteiger partial charge in [0.15, 0.2) is 0 Å². The third-order valence-electron chi connectivity index (χ3n) is 2.60. The number of aromatic nitrogens is 4. The molecule has 3 rings (SSSR count). The molecule has 0 atom stereocenters. The standard InChI is InChI=1S/C12H11N5/c13-5-9-6-14-12(15-7-9)17-8-16-10-3-1-2-4-11(10)17/h1-4,6-8H,5,13H2. The smallest absolute Gasteiger partial charge is 0.235 e. The lowest BCUT2D eigenvalue weighted by Crippen LogP contribution is -2.03. The largest absolute Gasteiger partial charge is 0.326 e. The van der Waals surface area contributed by atoms with E-state index in [1.165, 1.54) is 0 Å². The van der Waals surface area contributed by atoms with Crippen LogP contribution in [0.2, 0.25) is 0 Å². The van der Waals surface area contributed by atoms with E-state index < -0.39 is 0 Å². The first-order valence-corrected chi connectivity index (χ1v) is 5.32. The molecule has 0 saturated carbocycles. The maximum atomic E-state index is 5.51. The van der Waals surface area contributed by atoms with Crippen LogP contribution in [-0.2, 0) is 6.54 Å². The van der Waals surface area contributed by atoms with E-state index in [-0.39, 0.29) is 0 Å². The molecule has 17 heavy (non-hydrogen) atoms. The summed E-state index contributed by atoms with van der Waals surface area (Å²) in [7, 11) is 0. The van der Waals surface area contributed by atoms with Gasteiger partial charge in [-0.3, -0.25) is 4.57 Å². The van der Waals surface area contributed by atoms with Gasteiger partial charge in [-0.1, -0.05) is 12.1 Å². The van der Waals surface area contributed by atoms with Gasteiger partial charge in [-0.05, 0) is 12.1 Å². The van der Waals surface area contributed by atoms with Gasteiger partial charge >= 0.3 is 0 Å². The zero-order chi connectivity index (χ0) is 11.7. The number of hydrogen-bond acceptors (Lipinski definition) is 4. The molecule has 5 heteroatoms. The van der Waals surface area contributed by atoms with E-state index in [0.29, 0.717) is 12.5 Å². The van der Waals surface area contributed by atoms with Crippen LogP contribution in [-0.4, -0.2) is 19.5 Å². The van der Waals surface area contributed by atoms with Crippen LogP contribution in [0.15, 0.2) is 43.0 Å². The molecule has 0 unspecified atom stereocenters. The summed E-state index contributed by atoms with van der Waals surface area (Å²) >= 11 is 0. The first-order valence-electron chi connectivity index (χ1n) is 5.32. The molecule has 0 fully saturated rings. The topological polar surface area (TPSA) is 69.6 Å². The Kier molecular flexibility index (Phi) is 2.31. The maximum Gasteiger partial charge on any atom is 0.235 e. The summed E-state index contributed by atoms with van der Waals surface area (Å²) < 4.78 is 1.86. The number of hydrogen-bond donors (Lipinski definition) is 1. The van der Waals surface area contributed by atoms with E-state index in [1.54, 1.807) is 18.7 Å². The zero-order valence-corrected chi connectivity index (χ0v) is 9.11. The van der Waals surface area contributed by atoms with Gasteiger partial charge in [0.2, 0.25) is 5.95 Å². The van der Waals surface area contributed by atoms with E-state index in [1.807, 2.05) is 28.8 Å². The zero-order valence-electron chi connectivity index (χ0n) is 9.11. The Balaban J connectivity index is 2.13. The Morgan fingerprint density at radius 2 is 1.82 bits per heavy atom. The average Bonchev–Trinajstić information content (AvgIpc) is 2.83. The molecule has 2 heterocycles. The molecule has 0 bridgehead atoms. The monoisotopic (exact) mass is 225 g/mol. The number of benzene rings is 1. The predicted molar refractivity (Wildman–Crippen MR) is 64.6 cm³/mol. The van der Waals surface area contributed by atoms with Crippen molar-refractivity contribution < 1.29 is 0 Å². The molecule has 0 aliphatic carbocycles. The van der Waals surface area contributed by atoms with E-state index in [0.717, 1.165) is 16.6 Å². The van der Waals surface area contributed by atoms with Crippen molar-refractivity contribution in [2.75, 3.05) is 0 Å². The lowest BCUT2D eigenvalue weighted by Gasteiger charge is -2.02. The molecule has 84 valence electrons. The number of para-hydroxylation sites is 2. The van der Waals surface area contributed by atoms with Crippen LogP contribution in [0.1, 0.15) is 5.56 Å². The van der Waals surface area contributed by atoms with Crippen molar-refractivity contribution in [3.8, 4) is 5.95 Å². The number of imidazole rings is 1. The summed E-state index contributed by atoms with van der Waals surface area (Å²) in [6.45, 7) is 0.449. The fourth-order valence-corrected chi connectivity index (χ4v) is 1.70. The molecule has 0 aliphatic rings. The lowest BCUT2D eigenvalue weighted by atomic mass is 10.3. The van der Waals surface area contributed by atoms with Gasteiger partial charge < -0.3 is 5.73 Å². The number of nitrogens with zero attached hydrogens (tertiary/aromatic N) is 4. The Morgan fingerprint density at radius 3 is 2.59 bits per heavy atom. The van der Waals surface area contributed by atoms with Gasteiger partial charge in [-0.15, -0.1) is 0 Å². The van der Waals surface area contributed by atoms with Crippen molar-refractivity contribution >= 4 is 11.0 Å². The minimum Gasteiger partial charge on any atom is -0.326 e. The highest BCUT2D eigenvalue weighted by atomic mass is 15.2. The first kappa shape index (κ1) is 9.92. The quantitative estimate of drug-likeness (QED) is 0.713. The Bertz CT molecular complexity index is 641. The summed E-state index contributed by atoms with van der Waals surface area (Å²) in [5, 5.41) is 0. The van der Waals surface area contributed by atoms with Crippen molar-refractivity contribution in [2.45, 2.75) is 6.54 Å². The van der Waals surface area contributed by atoms with Crippen LogP contribution in [0.5, 0.6) is 0 Å². The molecule has 2 N–H and O–H groups in total. The second-order valence-electron chi connectivity index (χ2n) is 3.70. The molecule has 5 nitrogen and oxygen atoms in total. The minimum absolute atomic E-state index is 0.449. The van der Waals surface area contributed by atoms with Crippen LogP contribution >= 0.6 is 0 Å². The molecule has 0 amide bonds. The molecule has 0 spiro atoms. The highest BCUT2D eigenvalue weighted by molar-refractivity contribution is 5.76. The third kappa shape index (κ3) is 1.66. The van der Waals surface area contributed by atoms with E-state index in [4.69, 9.17) is 5.73 Å². The summed E-state index contributed by atoms with van der Waals surface area (Å²) in [6, 6.07) is 7.87. The Hall–Kier alpha value is -2.27. The number of nitrogens with two attached hydrogens (primary N) is 1. The molecule has 0 radical (unpaired) electrons. The molecular formula is C12H11N5. The molecule has 1 aromatic carbocycles. The average molecular weight is 225 g/mol. The van der Waals surface area contributed by atoms with Crippen molar-refractivity contribution in [2.24, 2.45) is 5.73 Å². The van der Waals surface area contributed by atoms with Crippen molar-refractivity contribution in [1.29, 1.82) is 0 Å². The summed E-state index contributed by atoms with van der Waals surface area (Å²) in [4.78, 5) is 12.8. The van der Waals surface area contributed by atoms with Crippen LogP contribution < -0.4 is 5.73 Å². The van der Waals surface area contributed by atoms with E-state index >= 15 is 0 Å². The molecule has 0 saturated heterocycles. The van der Waals surface area contributed by atoms with E-state index in [9.17, 15) is 0 Å². The van der Waals surface area contributed by atoms with Gasteiger partial charge in [0, 0.05) is 24.5 Å². The fourth-order valence-electron chi connectivity index (χ4n) is 1.70. The molecular weight excluding hydrogens is 214 g/mol. The number of rotatable bonds is 2. The Labute approximate surface area is 98.0 Å². The van der Waals surface area contributed by atoms with Crippen LogP contribution in [0, 0.1) is 0 Å². The second kappa shape index (κ2) is 3.95. The van der Waals surface area contributed by atoms with Crippen molar-refractivity contribution in [3.05, 3.63) is 48.5 Å². The van der Waals surface area contributed by atoms with Crippen molar-refractivity contribution in [1.82, 2.24) is 19.5 Å². The van der Waals surface area contributed by atoms with Crippen LogP contribution in [0.25, 0.3) is 17.0 Å². The Morgan fingerprint density at radius 1 is 1.06 bits per heavy atom. The van der Waals surface area contributed by atoms with Crippen molar-refractivity contribution in [3.63, 3.8) is 0 Å². The van der Waals surface area contributed by atoms with Gasteiger partial charge in [0.25, 0.3) is 0 Å². The second-order valence-corrected chi connectivity index (χ2v) is 3.70. The number of fused-ring (bicyclic) bond motifs is 1. The maximum absolute atomic E-state index is 5.51. The predicted octanol–water partition coefficient (Wildman–Crippen LogP) is 1.27. The minimum atomic E-state index is 0.449. The summed E-state index contributed by atoms with van der Waals surface area (Å²) in [5.74, 6) is 0.607. The van der Waals surface area contributed by atoms with E-state index in [2.05, 4.69) is 15.0 Å². The normalized spacial score (nSPS) is 10.9. The highest BCUT2D eigenvalue weighted by Gasteiger charge is 2.05. The van der Waals surface area contributed by atoms with Crippen LogP contribution in [0.4, 0.5) is 0 Å². The third-order valence-corrected chi connectivity index (χ3v) is 2.60. The summed E-state index contributed by atoms with van der Waals surface area (Å²) in [5.41, 5.74) is 8.35. The molecule has 0 aliphatic heterocycles.